The molecule has 0 spiro atoms. The molecule has 0 saturated heterocycles. The number of halogens is 1. The quantitative estimate of drug-likeness (QED) is 0.588. The van der Waals surface area contributed by atoms with Gasteiger partial charge >= 0.3 is 0 Å². The molecule has 0 nitrogen and oxygen atoms in total. The van der Waals surface area contributed by atoms with Gasteiger partial charge in [-0.2, -0.15) is 0 Å². The van der Waals surface area contributed by atoms with Crippen LogP contribution in [-0.2, 0) is 0 Å². The Morgan fingerprint density at radius 2 is 1.92 bits per heavy atom. The topological polar surface area (TPSA) is 0 Å². The van der Waals surface area contributed by atoms with Crippen LogP contribution in [0.4, 0.5) is 0 Å². The molecule has 1 rings (SSSR count). The van der Waals surface area contributed by atoms with Crippen LogP contribution in [0.25, 0.3) is 0 Å². The molecule has 2 heteroatoms. The molecule has 0 aromatic carbocycles. The number of aryl methyl sites for hydroxylation is 1. The summed E-state index contributed by atoms with van der Waals surface area (Å²) in [5.74, 6) is 0. The van der Waals surface area contributed by atoms with Gasteiger partial charge in [-0.05, 0) is 30.9 Å². The number of rotatable bonds is 0. The molecule has 0 amide bonds. The second-order valence-electron chi connectivity index (χ2n) is 2.53. The Hall–Kier alpha value is -0.530. The maximum absolute atomic E-state index is 6.02. The third-order valence-electron chi connectivity index (χ3n) is 1.67. The Bertz CT molecular complexity index is 284. The lowest BCUT2D eigenvalue weighted by molar-refractivity contribution is 1.42. The van der Waals surface area contributed by atoms with E-state index in [0.29, 0.717) is 0 Å². The molecular weight excluding hydrogens is 188 g/mol. The summed E-state index contributed by atoms with van der Waals surface area (Å²) in [6.07, 6.45) is 0. The predicted molar refractivity (Wildman–Crippen MR) is 56.4 cm³/mol. The number of hydrogen-bond donors (Lipinski definition) is 0. The zero-order chi connectivity index (χ0) is 8.97. The second-order valence-corrected chi connectivity index (χ2v) is 4.05. The van der Waals surface area contributed by atoms with Crippen LogP contribution in [0.5, 0.6) is 0 Å². The lowest BCUT2D eigenvalue weighted by Crippen LogP contribution is -1.72. The van der Waals surface area contributed by atoms with E-state index in [4.69, 9.17) is 11.6 Å². The van der Waals surface area contributed by atoms with Gasteiger partial charge in [-0.15, -0.1) is 11.3 Å². The van der Waals surface area contributed by atoms with E-state index in [1.807, 2.05) is 31.2 Å². The van der Waals surface area contributed by atoms with Gasteiger partial charge in [0, 0.05) is 9.90 Å². The molecule has 0 bridgehead atoms. The van der Waals surface area contributed by atoms with Gasteiger partial charge in [0.15, 0.2) is 0 Å². The molecular formula is C10H11ClS. The Morgan fingerprint density at radius 3 is 2.67 bits per heavy atom. The maximum Gasteiger partial charge on any atom is 0.0445 e. The van der Waals surface area contributed by atoms with E-state index in [-0.39, 0.29) is 0 Å². The third kappa shape index (κ3) is 2.50. The zero-order valence-corrected chi connectivity index (χ0v) is 8.75. The Kier molecular flexibility index (Phi) is 3.57. The molecule has 0 N–H and O–H groups in total. The maximum atomic E-state index is 6.02. The van der Waals surface area contributed by atoms with Crippen molar-refractivity contribution < 1.29 is 0 Å². The van der Waals surface area contributed by atoms with Gasteiger partial charge in [0.1, 0.15) is 0 Å². The molecule has 1 aromatic rings. The minimum atomic E-state index is 0.819. The van der Waals surface area contributed by atoms with Crippen LogP contribution in [0, 0.1) is 13.8 Å². The van der Waals surface area contributed by atoms with Crippen LogP contribution in [0.2, 0.25) is 5.02 Å². The highest BCUT2D eigenvalue weighted by Gasteiger charge is 1.92. The summed E-state index contributed by atoms with van der Waals surface area (Å²) >= 11 is 7.72. The SMILES string of the molecule is Cc1scccccc(Cl)c1C. The Morgan fingerprint density at radius 1 is 1.17 bits per heavy atom. The van der Waals surface area contributed by atoms with E-state index >= 15 is 0 Å². The lowest BCUT2D eigenvalue weighted by Gasteiger charge is -1.93. The largest absolute Gasteiger partial charge is 0.149 e. The fourth-order valence-electron chi connectivity index (χ4n) is 0.772. The molecule has 0 aliphatic rings. The molecule has 0 radical (unpaired) electrons. The van der Waals surface area contributed by atoms with Crippen LogP contribution >= 0.6 is 22.9 Å². The molecule has 0 saturated carbocycles. The van der Waals surface area contributed by atoms with Crippen LogP contribution in [-0.4, -0.2) is 0 Å². The third-order valence-corrected chi connectivity index (χ3v) is 3.04. The van der Waals surface area contributed by atoms with Crippen molar-refractivity contribution in [3.63, 3.8) is 0 Å². The molecule has 0 atom stereocenters. The van der Waals surface area contributed by atoms with Crippen LogP contribution in [0.15, 0.2) is 29.6 Å². The molecule has 1 aromatic heterocycles. The van der Waals surface area contributed by atoms with Crippen molar-refractivity contribution in [2.75, 3.05) is 0 Å². The van der Waals surface area contributed by atoms with E-state index in [0.717, 1.165) is 10.6 Å². The van der Waals surface area contributed by atoms with Crippen molar-refractivity contribution in [2.24, 2.45) is 0 Å². The van der Waals surface area contributed by atoms with Gasteiger partial charge in [-0.25, -0.2) is 0 Å². The first kappa shape index (κ1) is 9.56. The molecule has 0 aliphatic heterocycles. The van der Waals surface area contributed by atoms with Gasteiger partial charge in [0.2, 0.25) is 0 Å². The van der Waals surface area contributed by atoms with E-state index < -0.39 is 0 Å². The van der Waals surface area contributed by atoms with E-state index in [1.54, 1.807) is 11.3 Å². The van der Waals surface area contributed by atoms with Crippen molar-refractivity contribution >= 4 is 22.9 Å². The normalized spacial score (nSPS) is 9.25. The van der Waals surface area contributed by atoms with E-state index in [1.165, 1.54) is 4.88 Å². The van der Waals surface area contributed by atoms with Crippen LogP contribution in [0.1, 0.15) is 10.4 Å². The summed E-state index contributed by atoms with van der Waals surface area (Å²) < 4.78 is 0. The summed E-state index contributed by atoms with van der Waals surface area (Å²) in [5.41, 5.74) is 1.15. The number of hydrogen-bond acceptors (Lipinski definition) is 1. The summed E-state index contributed by atoms with van der Waals surface area (Å²) in [4.78, 5) is 1.25. The summed E-state index contributed by atoms with van der Waals surface area (Å²) in [7, 11) is 0. The Balaban J connectivity index is 3.42. The van der Waals surface area contributed by atoms with Crippen molar-refractivity contribution in [2.45, 2.75) is 13.8 Å². The van der Waals surface area contributed by atoms with Crippen LogP contribution < -0.4 is 0 Å². The summed E-state index contributed by atoms with van der Waals surface area (Å²) in [6.45, 7) is 4.11. The predicted octanol–water partition coefficient (Wildman–Crippen LogP) is 4.14. The second kappa shape index (κ2) is 4.48. The van der Waals surface area contributed by atoms with Crippen molar-refractivity contribution in [3.8, 4) is 0 Å². The first-order valence-electron chi connectivity index (χ1n) is 3.75. The summed E-state index contributed by atoms with van der Waals surface area (Å²) in [5, 5.41) is 2.87. The first-order valence-corrected chi connectivity index (χ1v) is 5.01. The summed E-state index contributed by atoms with van der Waals surface area (Å²) in [6, 6.07) is 7.84. The standard InChI is InChI=1S/C10H11ClS/c1-8-9(2)12-7-5-3-4-6-10(8)11/h3-7H,1-2H3. The highest BCUT2D eigenvalue weighted by Crippen LogP contribution is 2.17. The van der Waals surface area contributed by atoms with Gasteiger partial charge in [0.05, 0.1) is 0 Å². The first-order chi connectivity index (χ1) is 5.72. The average Bonchev–Trinajstić information content (AvgIpc) is 2.12. The highest BCUT2D eigenvalue weighted by molar-refractivity contribution is 7.09. The molecule has 64 valence electrons. The molecule has 12 heavy (non-hydrogen) atoms. The van der Waals surface area contributed by atoms with E-state index in [2.05, 4.69) is 12.3 Å². The molecule has 0 fully saturated rings. The molecule has 0 aliphatic carbocycles. The smallest absolute Gasteiger partial charge is 0.0445 e. The van der Waals surface area contributed by atoms with Crippen molar-refractivity contribution in [3.05, 3.63) is 45.1 Å². The fraction of sp³-hybridized carbons (Fsp3) is 0.200. The molecule has 0 unspecified atom stereocenters. The zero-order valence-electron chi connectivity index (χ0n) is 7.17. The van der Waals surface area contributed by atoms with Crippen LogP contribution in [0.3, 0.4) is 0 Å². The minimum absolute atomic E-state index is 0.819. The van der Waals surface area contributed by atoms with Gasteiger partial charge < -0.3 is 0 Å². The average molecular weight is 199 g/mol. The molecule has 1 heterocycles. The highest BCUT2D eigenvalue weighted by atomic mass is 35.5. The van der Waals surface area contributed by atoms with Gasteiger partial charge in [-0.3, -0.25) is 0 Å². The van der Waals surface area contributed by atoms with Crippen molar-refractivity contribution in [1.29, 1.82) is 0 Å². The van der Waals surface area contributed by atoms with E-state index in [9.17, 15) is 0 Å². The monoisotopic (exact) mass is 198 g/mol. The van der Waals surface area contributed by atoms with Crippen molar-refractivity contribution in [1.82, 2.24) is 0 Å². The minimum Gasteiger partial charge on any atom is -0.149 e. The fourth-order valence-corrected chi connectivity index (χ4v) is 1.70. The van der Waals surface area contributed by atoms with Gasteiger partial charge in [0.25, 0.3) is 0 Å². The van der Waals surface area contributed by atoms with Gasteiger partial charge in [-0.1, -0.05) is 29.8 Å². The Labute approximate surface area is 82.1 Å². The lowest BCUT2D eigenvalue weighted by atomic mass is 10.3.